The van der Waals surface area contributed by atoms with E-state index in [1.807, 2.05) is 0 Å². The lowest BCUT2D eigenvalue weighted by molar-refractivity contribution is -0.384. The first-order valence-corrected chi connectivity index (χ1v) is 8.17. The summed E-state index contributed by atoms with van der Waals surface area (Å²) in [5.41, 5.74) is -1.42. The number of rotatable bonds is 3. The minimum atomic E-state index is -4.63. The molecule has 2 aliphatic rings. The van der Waals surface area contributed by atoms with Crippen molar-refractivity contribution in [3.8, 4) is 0 Å². The lowest BCUT2D eigenvalue weighted by Gasteiger charge is -2.38. The fourth-order valence-electron chi connectivity index (χ4n) is 3.28. The number of nitrogens with zero attached hydrogens (tertiary/aromatic N) is 3. The number of alkyl halides is 3. The van der Waals surface area contributed by atoms with Crippen molar-refractivity contribution in [1.82, 2.24) is 4.90 Å². The van der Waals surface area contributed by atoms with Gasteiger partial charge >= 0.3 is 6.18 Å². The Labute approximate surface area is 142 Å². The number of amides is 1. The van der Waals surface area contributed by atoms with E-state index in [0.29, 0.717) is 32.0 Å². The molecule has 0 unspecified atom stereocenters. The van der Waals surface area contributed by atoms with Crippen LogP contribution in [0.25, 0.3) is 0 Å². The average Bonchev–Trinajstić information content (AvgIpc) is 2.52. The number of anilines is 1. The molecule has 6 nitrogen and oxygen atoms in total. The molecular formula is C16H18F3N3O3. The Morgan fingerprint density at radius 2 is 1.80 bits per heavy atom. The smallest absolute Gasteiger partial charge is 0.366 e. The second kappa shape index (κ2) is 6.53. The molecule has 0 saturated carbocycles. The van der Waals surface area contributed by atoms with Gasteiger partial charge in [0.2, 0.25) is 5.91 Å². The molecule has 0 spiro atoms. The molecule has 0 atom stereocenters. The number of piperidine rings is 1. The third-order valence-electron chi connectivity index (χ3n) is 4.85. The van der Waals surface area contributed by atoms with Crippen molar-refractivity contribution in [3.63, 3.8) is 0 Å². The minimum Gasteiger partial charge on any atom is -0.366 e. The van der Waals surface area contributed by atoms with Gasteiger partial charge in [0.25, 0.3) is 5.69 Å². The predicted molar refractivity (Wildman–Crippen MR) is 84.2 cm³/mol. The normalized spacial score (nSPS) is 18.8. The summed E-state index contributed by atoms with van der Waals surface area (Å²) in [4.78, 5) is 26.1. The van der Waals surface area contributed by atoms with Gasteiger partial charge < -0.3 is 9.80 Å². The van der Waals surface area contributed by atoms with Gasteiger partial charge in [-0.1, -0.05) is 0 Å². The van der Waals surface area contributed by atoms with E-state index in [9.17, 15) is 28.1 Å². The molecule has 2 heterocycles. The number of likely N-dealkylation sites (tertiary alicyclic amines) is 1. The Hall–Kier alpha value is -2.32. The Balaban J connectivity index is 1.74. The van der Waals surface area contributed by atoms with Gasteiger partial charge in [0.15, 0.2) is 0 Å². The van der Waals surface area contributed by atoms with Crippen molar-refractivity contribution in [1.29, 1.82) is 0 Å². The average molecular weight is 357 g/mol. The molecule has 2 fully saturated rings. The molecule has 1 aromatic carbocycles. The number of hydrogen-bond donors (Lipinski definition) is 0. The summed E-state index contributed by atoms with van der Waals surface area (Å²) < 4.78 is 38.3. The number of nitro benzene ring substituents is 1. The minimum absolute atomic E-state index is 0.106. The van der Waals surface area contributed by atoms with Crippen LogP contribution in [0.3, 0.4) is 0 Å². The Kier molecular flexibility index (Phi) is 4.57. The van der Waals surface area contributed by atoms with Crippen molar-refractivity contribution in [2.75, 3.05) is 31.1 Å². The summed E-state index contributed by atoms with van der Waals surface area (Å²) in [6.45, 7) is 2.39. The SMILES string of the molecule is O=C(C1CCN(c2ccc(C(F)(F)F)cc2[N+](=O)[O-])CC1)N1CCC1. The highest BCUT2D eigenvalue weighted by atomic mass is 19.4. The highest BCUT2D eigenvalue weighted by Crippen LogP contribution is 2.37. The molecule has 136 valence electrons. The lowest BCUT2D eigenvalue weighted by Crippen LogP contribution is -2.48. The fraction of sp³-hybridized carbons (Fsp3) is 0.562. The van der Waals surface area contributed by atoms with Gasteiger partial charge in [0.05, 0.1) is 10.5 Å². The summed E-state index contributed by atoms with van der Waals surface area (Å²) in [5.74, 6) is 0.0119. The number of halogens is 3. The van der Waals surface area contributed by atoms with E-state index >= 15 is 0 Å². The van der Waals surface area contributed by atoms with Crippen LogP contribution in [0.15, 0.2) is 18.2 Å². The quantitative estimate of drug-likeness (QED) is 0.616. The number of carbonyl (C=O) groups excluding carboxylic acids is 1. The van der Waals surface area contributed by atoms with E-state index in [4.69, 9.17) is 0 Å². The zero-order chi connectivity index (χ0) is 18.2. The van der Waals surface area contributed by atoms with Crippen LogP contribution in [-0.4, -0.2) is 41.9 Å². The molecule has 0 aromatic heterocycles. The third kappa shape index (κ3) is 3.54. The molecular weight excluding hydrogens is 339 g/mol. The van der Waals surface area contributed by atoms with Crippen molar-refractivity contribution in [2.45, 2.75) is 25.4 Å². The van der Waals surface area contributed by atoms with Crippen molar-refractivity contribution < 1.29 is 22.9 Å². The highest BCUT2D eigenvalue weighted by Gasteiger charge is 2.35. The second-order valence-electron chi connectivity index (χ2n) is 6.40. The predicted octanol–water partition coefficient (Wildman–Crippen LogP) is 3.06. The first-order chi connectivity index (χ1) is 11.8. The van der Waals surface area contributed by atoms with Crippen LogP contribution >= 0.6 is 0 Å². The van der Waals surface area contributed by atoms with E-state index in [0.717, 1.165) is 31.6 Å². The van der Waals surface area contributed by atoms with Gasteiger partial charge in [-0.25, -0.2) is 0 Å². The van der Waals surface area contributed by atoms with Crippen LogP contribution in [0.1, 0.15) is 24.8 Å². The second-order valence-corrected chi connectivity index (χ2v) is 6.40. The maximum atomic E-state index is 12.8. The van der Waals surface area contributed by atoms with E-state index < -0.39 is 22.4 Å². The van der Waals surface area contributed by atoms with Crippen LogP contribution in [0, 0.1) is 16.0 Å². The summed E-state index contributed by atoms with van der Waals surface area (Å²) in [6.07, 6.45) is -2.51. The highest BCUT2D eigenvalue weighted by molar-refractivity contribution is 5.80. The summed E-state index contributed by atoms with van der Waals surface area (Å²) in [7, 11) is 0. The molecule has 1 aromatic rings. The molecule has 0 bridgehead atoms. The van der Waals surface area contributed by atoms with Crippen molar-refractivity contribution in [3.05, 3.63) is 33.9 Å². The largest absolute Gasteiger partial charge is 0.416 e. The van der Waals surface area contributed by atoms with Crippen molar-refractivity contribution in [2.24, 2.45) is 5.92 Å². The zero-order valence-corrected chi connectivity index (χ0v) is 13.5. The van der Waals surface area contributed by atoms with E-state index in [1.165, 1.54) is 0 Å². The van der Waals surface area contributed by atoms with Crippen molar-refractivity contribution >= 4 is 17.3 Å². The number of nitro groups is 1. The van der Waals surface area contributed by atoms with Gasteiger partial charge in [-0.15, -0.1) is 0 Å². The van der Waals surface area contributed by atoms with E-state index in [2.05, 4.69) is 0 Å². The molecule has 0 N–H and O–H groups in total. The Bertz CT molecular complexity index is 681. The van der Waals surface area contributed by atoms with E-state index in [1.54, 1.807) is 9.80 Å². The first kappa shape index (κ1) is 17.5. The van der Waals surface area contributed by atoms with Crippen LogP contribution in [0.2, 0.25) is 0 Å². The van der Waals surface area contributed by atoms with Crippen LogP contribution in [-0.2, 0) is 11.0 Å². The molecule has 25 heavy (non-hydrogen) atoms. The summed E-state index contributed by atoms with van der Waals surface area (Å²) in [6, 6.07) is 2.59. The topological polar surface area (TPSA) is 66.7 Å². The molecule has 0 aliphatic carbocycles. The molecule has 2 saturated heterocycles. The monoisotopic (exact) mass is 357 g/mol. The van der Waals surface area contributed by atoms with Gasteiger partial charge in [-0.05, 0) is 31.4 Å². The summed E-state index contributed by atoms with van der Waals surface area (Å²) in [5, 5.41) is 11.2. The third-order valence-corrected chi connectivity index (χ3v) is 4.85. The van der Waals surface area contributed by atoms with Gasteiger partial charge in [0.1, 0.15) is 5.69 Å². The Morgan fingerprint density at radius 3 is 2.28 bits per heavy atom. The maximum Gasteiger partial charge on any atom is 0.416 e. The van der Waals surface area contributed by atoms with Gasteiger partial charge in [-0.3, -0.25) is 14.9 Å². The maximum absolute atomic E-state index is 12.8. The number of hydrogen-bond acceptors (Lipinski definition) is 4. The zero-order valence-electron chi connectivity index (χ0n) is 13.5. The lowest BCUT2D eigenvalue weighted by atomic mass is 9.93. The van der Waals surface area contributed by atoms with E-state index in [-0.39, 0.29) is 17.5 Å². The summed E-state index contributed by atoms with van der Waals surface area (Å²) >= 11 is 0. The van der Waals surface area contributed by atoms with Gasteiger partial charge in [0, 0.05) is 38.2 Å². The molecule has 0 radical (unpaired) electrons. The van der Waals surface area contributed by atoms with Crippen LogP contribution < -0.4 is 4.90 Å². The number of carbonyl (C=O) groups is 1. The van der Waals surface area contributed by atoms with Gasteiger partial charge in [-0.2, -0.15) is 13.2 Å². The molecule has 1 amide bonds. The van der Waals surface area contributed by atoms with Crippen LogP contribution in [0.5, 0.6) is 0 Å². The standard InChI is InChI=1S/C16H18F3N3O3/c17-16(18,19)12-2-3-13(14(10-12)22(24)25)20-8-4-11(5-9-20)15(23)21-6-1-7-21/h2-3,10-11H,1,4-9H2. The molecule has 3 rings (SSSR count). The molecule has 2 aliphatic heterocycles. The first-order valence-electron chi connectivity index (χ1n) is 8.17. The molecule has 9 heteroatoms. The Morgan fingerprint density at radius 1 is 1.16 bits per heavy atom. The fourth-order valence-corrected chi connectivity index (χ4v) is 3.28. The van der Waals surface area contributed by atoms with Crippen LogP contribution in [0.4, 0.5) is 24.5 Å². The number of benzene rings is 1.